The van der Waals surface area contributed by atoms with Gasteiger partial charge in [-0.05, 0) is 18.2 Å². The monoisotopic (exact) mass is 296 g/mol. The molecule has 1 aromatic carbocycles. The number of oxazole rings is 1. The van der Waals surface area contributed by atoms with Gasteiger partial charge in [-0.25, -0.2) is 4.98 Å². The minimum Gasteiger partial charge on any atom is -0.444 e. The predicted octanol–water partition coefficient (Wildman–Crippen LogP) is 3.56. The van der Waals surface area contributed by atoms with E-state index in [1.807, 2.05) is 0 Å². The van der Waals surface area contributed by atoms with Gasteiger partial charge in [-0.15, -0.1) is 6.58 Å². The molecule has 0 saturated heterocycles. The zero-order valence-electron chi connectivity index (χ0n) is 9.82. The summed E-state index contributed by atoms with van der Waals surface area (Å²) in [6.45, 7) is 3.88. The summed E-state index contributed by atoms with van der Waals surface area (Å²) in [5.41, 5.74) is 0.847. The number of carbonyl (C=O) groups is 1. The fourth-order valence-corrected chi connectivity index (χ4v) is 1.69. The molecule has 6 heteroatoms. The van der Waals surface area contributed by atoms with Gasteiger partial charge in [0.25, 0.3) is 5.91 Å². The van der Waals surface area contributed by atoms with Crippen molar-refractivity contribution in [3.8, 4) is 11.5 Å². The number of carbonyl (C=O) groups excluding carboxylic acids is 1. The lowest BCUT2D eigenvalue weighted by Gasteiger charge is -1.98. The van der Waals surface area contributed by atoms with E-state index in [0.29, 0.717) is 28.0 Å². The fourth-order valence-electron chi connectivity index (χ4n) is 1.40. The lowest BCUT2D eigenvalue weighted by molar-refractivity contribution is 0.0953. The first kappa shape index (κ1) is 13.6. The van der Waals surface area contributed by atoms with Crippen molar-refractivity contribution in [1.29, 1.82) is 0 Å². The van der Waals surface area contributed by atoms with E-state index < -0.39 is 0 Å². The molecule has 0 fully saturated rings. The van der Waals surface area contributed by atoms with Crippen molar-refractivity contribution < 1.29 is 9.21 Å². The number of nitrogens with zero attached hydrogens (tertiary/aromatic N) is 1. The van der Waals surface area contributed by atoms with Crippen LogP contribution in [0.3, 0.4) is 0 Å². The average Bonchev–Trinajstić information content (AvgIpc) is 2.89. The van der Waals surface area contributed by atoms with Crippen molar-refractivity contribution in [2.24, 2.45) is 0 Å². The van der Waals surface area contributed by atoms with E-state index in [4.69, 9.17) is 27.6 Å². The molecule has 0 bridgehead atoms. The number of aromatic nitrogens is 1. The van der Waals surface area contributed by atoms with E-state index in [1.54, 1.807) is 24.3 Å². The van der Waals surface area contributed by atoms with Crippen molar-refractivity contribution in [3.63, 3.8) is 0 Å². The van der Waals surface area contributed by atoms with E-state index in [2.05, 4.69) is 16.9 Å². The van der Waals surface area contributed by atoms with Crippen LogP contribution in [0.25, 0.3) is 11.5 Å². The molecule has 98 valence electrons. The highest BCUT2D eigenvalue weighted by molar-refractivity contribution is 6.42. The minimum absolute atomic E-state index is 0.197. The highest BCUT2D eigenvalue weighted by Crippen LogP contribution is 2.28. The summed E-state index contributed by atoms with van der Waals surface area (Å²) in [4.78, 5) is 15.7. The summed E-state index contributed by atoms with van der Waals surface area (Å²) < 4.78 is 5.25. The first-order valence-electron chi connectivity index (χ1n) is 5.42. The van der Waals surface area contributed by atoms with E-state index in [9.17, 15) is 4.79 Å². The molecule has 1 heterocycles. The molecule has 0 atom stereocenters. The number of benzene rings is 1. The number of hydrogen-bond donors (Lipinski definition) is 1. The highest BCUT2D eigenvalue weighted by atomic mass is 35.5. The molecule has 0 unspecified atom stereocenters. The Labute approximate surface area is 120 Å². The zero-order chi connectivity index (χ0) is 13.8. The van der Waals surface area contributed by atoms with Crippen LogP contribution in [-0.4, -0.2) is 17.4 Å². The van der Waals surface area contributed by atoms with E-state index in [1.165, 1.54) is 6.26 Å². The lowest BCUT2D eigenvalue weighted by atomic mass is 10.2. The van der Waals surface area contributed by atoms with Gasteiger partial charge in [0.05, 0.1) is 10.0 Å². The van der Waals surface area contributed by atoms with Gasteiger partial charge in [-0.2, -0.15) is 0 Å². The lowest BCUT2D eigenvalue weighted by Crippen LogP contribution is -2.23. The summed E-state index contributed by atoms with van der Waals surface area (Å²) in [6, 6.07) is 4.98. The quantitative estimate of drug-likeness (QED) is 0.878. The second-order valence-corrected chi connectivity index (χ2v) is 4.48. The van der Waals surface area contributed by atoms with Crippen LogP contribution in [0.15, 0.2) is 41.5 Å². The largest absolute Gasteiger partial charge is 0.444 e. The van der Waals surface area contributed by atoms with Crippen molar-refractivity contribution in [2.75, 3.05) is 6.54 Å². The third-order valence-electron chi connectivity index (χ3n) is 2.31. The van der Waals surface area contributed by atoms with Gasteiger partial charge < -0.3 is 9.73 Å². The Balaban J connectivity index is 2.22. The van der Waals surface area contributed by atoms with Gasteiger partial charge >= 0.3 is 0 Å². The Morgan fingerprint density at radius 1 is 1.42 bits per heavy atom. The van der Waals surface area contributed by atoms with Crippen molar-refractivity contribution >= 4 is 29.1 Å². The molecule has 19 heavy (non-hydrogen) atoms. The molecule has 1 N–H and O–H groups in total. The standard InChI is InChI=1S/C13H10Cl2N2O2/c1-2-5-16-12(18)11-7-19-13(17-11)8-3-4-9(14)10(15)6-8/h2-4,6-7H,1,5H2,(H,16,18). The maximum atomic E-state index is 11.6. The predicted molar refractivity (Wildman–Crippen MR) is 74.5 cm³/mol. The number of halogens is 2. The maximum Gasteiger partial charge on any atom is 0.273 e. The second-order valence-electron chi connectivity index (χ2n) is 3.67. The van der Waals surface area contributed by atoms with E-state index in [0.717, 1.165) is 0 Å². The molecule has 1 aromatic heterocycles. The number of amides is 1. The molecular formula is C13H10Cl2N2O2. The fraction of sp³-hybridized carbons (Fsp3) is 0.0769. The maximum absolute atomic E-state index is 11.6. The molecule has 0 saturated carbocycles. The van der Waals surface area contributed by atoms with Crippen LogP contribution >= 0.6 is 23.2 Å². The molecule has 4 nitrogen and oxygen atoms in total. The molecule has 1 amide bonds. The first-order valence-corrected chi connectivity index (χ1v) is 6.17. The summed E-state index contributed by atoms with van der Waals surface area (Å²) in [7, 11) is 0. The normalized spacial score (nSPS) is 10.2. The van der Waals surface area contributed by atoms with E-state index >= 15 is 0 Å². The summed E-state index contributed by atoms with van der Waals surface area (Å²) in [5, 5.41) is 3.45. The van der Waals surface area contributed by atoms with E-state index in [-0.39, 0.29) is 11.6 Å². The molecular weight excluding hydrogens is 287 g/mol. The van der Waals surface area contributed by atoms with Crippen LogP contribution in [-0.2, 0) is 0 Å². The molecule has 0 aliphatic carbocycles. The van der Waals surface area contributed by atoms with Crippen LogP contribution in [0, 0.1) is 0 Å². The van der Waals surface area contributed by atoms with Gasteiger partial charge in [0.1, 0.15) is 6.26 Å². The van der Waals surface area contributed by atoms with Crippen molar-refractivity contribution in [3.05, 3.63) is 52.9 Å². The van der Waals surface area contributed by atoms with Crippen LogP contribution in [0.5, 0.6) is 0 Å². The summed E-state index contributed by atoms with van der Waals surface area (Å²) >= 11 is 11.7. The Hall–Kier alpha value is -1.78. The number of nitrogens with one attached hydrogen (secondary N) is 1. The molecule has 0 radical (unpaired) electrons. The first-order chi connectivity index (χ1) is 9.11. The summed E-state index contributed by atoms with van der Waals surface area (Å²) in [5.74, 6) is -0.0164. The molecule has 2 aromatic rings. The molecule has 2 rings (SSSR count). The summed E-state index contributed by atoms with van der Waals surface area (Å²) in [6.07, 6.45) is 2.87. The minimum atomic E-state index is -0.324. The third kappa shape index (κ3) is 3.16. The van der Waals surface area contributed by atoms with Gasteiger partial charge in [-0.1, -0.05) is 29.3 Å². The zero-order valence-corrected chi connectivity index (χ0v) is 11.3. The van der Waals surface area contributed by atoms with Crippen LogP contribution in [0.1, 0.15) is 10.5 Å². The van der Waals surface area contributed by atoms with Crippen LogP contribution in [0.4, 0.5) is 0 Å². The Kier molecular flexibility index (Phi) is 4.24. The second kappa shape index (κ2) is 5.91. The van der Waals surface area contributed by atoms with Crippen LogP contribution < -0.4 is 5.32 Å². The number of rotatable bonds is 4. The average molecular weight is 297 g/mol. The number of hydrogen-bond acceptors (Lipinski definition) is 3. The van der Waals surface area contributed by atoms with Gasteiger partial charge in [0.15, 0.2) is 5.69 Å². The van der Waals surface area contributed by atoms with Crippen molar-refractivity contribution in [1.82, 2.24) is 10.3 Å². The Morgan fingerprint density at radius 2 is 2.21 bits per heavy atom. The van der Waals surface area contributed by atoms with Gasteiger partial charge in [-0.3, -0.25) is 4.79 Å². The third-order valence-corrected chi connectivity index (χ3v) is 3.05. The Morgan fingerprint density at radius 3 is 2.89 bits per heavy atom. The Bertz CT molecular complexity index is 623. The van der Waals surface area contributed by atoms with Crippen molar-refractivity contribution in [2.45, 2.75) is 0 Å². The SMILES string of the molecule is C=CCNC(=O)c1coc(-c2ccc(Cl)c(Cl)c2)n1. The van der Waals surface area contributed by atoms with Gasteiger partial charge in [0, 0.05) is 12.1 Å². The topological polar surface area (TPSA) is 55.1 Å². The smallest absolute Gasteiger partial charge is 0.273 e. The molecule has 0 aliphatic rings. The molecule has 0 spiro atoms. The van der Waals surface area contributed by atoms with Crippen LogP contribution in [0.2, 0.25) is 10.0 Å². The molecule has 0 aliphatic heterocycles. The van der Waals surface area contributed by atoms with Gasteiger partial charge in [0.2, 0.25) is 5.89 Å². The highest BCUT2D eigenvalue weighted by Gasteiger charge is 2.13.